The van der Waals surface area contributed by atoms with Crippen molar-refractivity contribution in [3.63, 3.8) is 0 Å². The van der Waals surface area contributed by atoms with Crippen molar-refractivity contribution in [2.24, 2.45) is 5.92 Å². The molecule has 2 rings (SSSR count). The van der Waals surface area contributed by atoms with E-state index in [1.165, 1.54) is 12.8 Å². The van der Waals surface area contributed by atoms with Gasteiger partial charge in [0, 0.05) is 12.7 Å². The lowest BCUT2D eigenvalue weighted by molar-refractivity contribution is 0.439. The van der Waals surface area contributed by atoms with E-state index >= 15 is 0 Å². The highest BCUT2D eigenvalue weighted by Gasteiger charge is 2.08. The van der Waals surface area contributed by atoms with Crippen LogP contribution in [-0.4, -0.2) is 18.1 Å². The minimum atomic E-state index is 0.548. The zero-order valence-corrected chi connectivity index (χ0v) is 9.37. The van der Waals surface area contributed by atoms with Gasteiger partial charge in [-0.15, -0.1) is 0 Å². The summed E-state index contributed by atoms with van der Waals surface area (Å²) in [5.74, 6) is 0.662. The van der Waals surface area contributed by atoms with E-state index in [0.29, 0.717) is 11.1 Å². The Labute approximate surface area is 95.4 Å². The molecule has 1 aliphatic heterocycles. The zero-order valence-electron chi connectivity index (χ0n) is 8.62. The summed E-state index contributed by atoms with van der Waals surface area (Å²) in [5.41, 5.74) is 1.12. The van der Waals surface area contributed by atoms with Crippen molar-refractivity contribution >= 4 is 17.7 Å². The number of rotatable bonds is 2. The van der Waals surface area contributed by atoms with Crippen LogP contribution in [0.1, 0.15) is 18.4 Å². The molecular formula is C12H15ClN2. The van der Waals surface area contributed by atoms with E-state index in [1.54, 1.807) is 6.20 Å². The topological polar surface area (TPSA) is 24.9 Å². The number of nitrogens with zero attached hydrogens (tertiary/aromatic N) is 1. The molecule has 0 spiro atoms. The molecule has 2 nitrogen and oxygen atoms in total. The number of pyridine rings is 1. The molecule has 2 heterocycles. The molecule has 0 saturated carbocycles. The van der Waals surface area contributed by atoms with E-state index in [-0.39, 0.29) is 0 Å². The van der Waals surface area contributed by atoms with Crippen LogP contribution in [0.25, 0.3) is 6.08 Å². The van der Waals surface area contributed by atoms with Crippen LogP contribution in [0.5, 0.6) is 0 Å². The fraction of sp³-hybridized carbons (Fsp3) is 0.417. The summed E-state index contributed by atoms with van der Waals surface area (Å²) in [6.45, 7) is 2.25. The summed E-state index contributed by atoms with van der Waals surface area (Å²) in [4.78, 5) is 4.04. The Kier molecular flexibility index (Phi) is 3.75. The Hall–Kier alpha value is -0.860. The maximum Gasteiger partial charge on any atom is 0.129 e. The lowest BCUT2D eigenvalue weighted by Gasteiger charge is -2.19. The van der Waals surface area contributed by atoms with Crippen molar-refractivity contribution in [3.8, 4) is 0 Å². The molecule has 1 aromatic heterocycles. The Morgan fingerprint density at radius 2 is 2.40 bits per heavy atom. The van der Waals surface area contributed by atoms with Gasteiger partial charge in [-0.3, -0.25) is 0 Å². The zero-order chi connectivity index (χ0) is 10.5. The standard InChI is InChI=1S/C12H15ClN2/c13-12-6-5-11(9-15-12)4-3-10-2-1-7-14-8-10/h3-6,9-10,14H,1-2,7-8H2/b4-3+. The Morgan fingerprint density at radius 1 is 1.47 bits per heavy atom. The van der Waals surface area contributed by atoms with E-state index in [1.807, 2.05) is 12.1 Å². The van der Waals surface area contributed by atoms with E-state index in [4.69, 9.17) is 11.6 Å². The smallest absolute Gasteiger partial charge is 0.129 e. The van der Waals surface area contributed by atoms with Crippen molar-refractivity contribution in [1.29, 1.82) is 0 Å². The van der Waals surface area contributed by atoms with Crippen LogP contribution in [0.4, 0.5) is 0 Å². The molecule has 15 heavy (non-hydrogen) atoms. The van der Waals surface area contributed by atoms with Crippen LogP contribution in [-0.2, 0) is 0 Å². The molecule has 0 aromatic carbocycles. The van der Waals surface area contributed by atoms with Gasteiger partial charge in [-0.25, -0.2) is 4.98 Å². The summed E-state index contributed by atoms with van der Waals surface area (Å²) in [5, 5.41) is 3.94. The molecular weight excluding hydrogens is 208 g/mol. The SMILES string of the molecule is Clc1ccc(/C=C/C2CCCNC2)cn1. The summed E-state index contributed by atoms with van der Waals surface area (Å²) in [6, 6.07) is 3.81. The van der Waals surface area contributed by atoms with Gasteiger partial charge in [-0.1, -0.05) is 29.8 Å². The van der Waals surface area contributed by atoms with Gasteiger partial charge < -0.3 is 5.32 Å². The van der Waals surface area contributed by atoms with E-state index < -0.39 is 0 Å². The van der Waals surface area contributed by atoms with Gasteiger partial charge in [0.05, 0.1) is 0 Å². The van der Waals surface area contributed by atoms with Crippen molar-refractivity contribution in [2.75, 3.05) is 13.1 Å². The molecule has 1 N–H and O–H groups in total. The molecule has 1 unspecified atom stereocenters. The number of nitrogens with one attached hydrogen (secondary N) is 1. The molecule has 3 heteroatoms. The monoisotopic (exact) mass is 222 g/mol. The number of aromatic nitrogens is 1. The lowest BCUT2D eigenvalue weighted by Crippen LogP contribution is -2.28. The Morgan fingerprint density at radius 3 is 3.07 bits per heavy atom. The highest BCUT2D eigenvalue weighted by Crippen LogP contribution is 2.14. The molecule has 0 radical (unpaired) electrons. The van der Waals surface area contributed by atoms with E-state index in [0.717, 1.165) is 18.7 Å². The maximum atomic E-state index is 5.72. The Balaban J connectivity index is 1.95. The molecule has 0 aliphatic carbocycles. The fourth-order valence-electron chi connectivity index (χ4n) is 1.78. The first kappa shape index (κ1) is 10.7. The molecule has 0 amide bonds. The first-order valence-electron chi connectivity index (χ1n) is 5.35. The first-order chi connectivity index (χ1) is 7.34. The number of piperidine rings is 1. The van der Waals surface area contributed by atoms with Crippen LogP contribution in [0.15, 0.2) is 24.4 Å². The number of hydrogen-bond acceptors (Lipinski definition) is 2. The van der Waals surface area contributed by atoms with Gasteiger partial charge >= 0.3 is 0 Å². The van der Waals surface area contributed by atoms with Gasteiger partial charge in [0.15, 0.2) is 0 Å². The van der Waals surface area contributed by atoms with Crippen LogP contribution in [0, 0.1) is 5.92 Å². The van der Waals surface area contributed by atoms with Gasteiger partial charge in [-0.05, 0) is 36.9 Å². The summed E-state index contributed by atoms with van der Waals surface area (Å²) < 4.78 is 0. The van der Waals surface area contributed by atoms with Gasteiger partial charge in [0.2, 0.25) is 0 Å². The predicted molar refractivity (Wildman–Crippen MR) is 63.9 cm³/mol. The highest BCUT2D eigenvalue weighted by atomic mass is 35.5. The number of hydrogen-bond donors (Lipinski definition) is 1. The summed E-state index contributed by atoms with van der Waals surface area (Å²) in [6.07, 6.45) is 8.74. The van der Waals surface area contributed by atoms with E-state index in [9.17, 15) is 0 Å². The third-order valence-corrected chi connectivity index (χ3v) is 2.87. The third-order valence-electron chi connectivity index (χ3n) is 2.65. The van der Waals surface area contributed by atoms with Gasteiger partial charge in [-0.2, -0.15) is 0 Å². The van der Waals surface area contributed by atoms with Crippen molar-refractivity contribution < 1.29 is 0 Å². The molecule has 80 valence electrons. The Bertz CT molecular complexity index is 326. The quantitative estimate of drug-likeness (QED) is 0.779. The largest absolute Gasteiger partial charge is 0.316 e. The minimum absolute atomic E-state index is 0.548. The highest BCUT2D eigenvalue weighted by molar-refractivity contribution is 6.29. The number of halogens is 1. The van der Waals surface area contributed by atoms with Gasteiger partial charge in [0.25, 0.3) is 0 Å². The molecule has 0 bridgehead atoms. The predicted octanol–water partition coefficient (Wildman–Crippen LogP) is 2.75. The average molecular weight is 223 g/mol. The molecule has 1 saturated heterocycles. The van der Waals surface area contributed by atoms with Crippen molar-refractivity contribution in [3.05, 3.63) is 35.1 Å². The molecule has 1 atom stereocenters. The van der Waals surface area contributed by atoms with Crippen molar-refractivity contribution in [2.45, 2.75) is 12.8 Å². The average Bonchev–Trinajstić information content (AvgIpc) is 2.30. The summed E-state index contributed by atoms with van der Waals surface area (Å²) in [7, 11) is 0. The molecule has 1 fully saturated rings. The lowest BCUT2D eigenvalue weighted by atomic mass is 9.98. The van der Waals surface area contributed by atoms with Crippen LogP contribution < -0.4 is 5.32 Å². The molecule has 1 aliphatic rings. The van der Waals surface area contributed by atoms with Crippen LogP contribution >= 0.6 is 11.6 Å². The maximum absolute atomic E-state index is 5.72. The van der Waals surface area contributed by atoms with Crippen LogP contribution in [0.2, 0.25) is 5.15 Å². The second kappa shape index (κ2) is 5.29. The first-order valence-corrected chi connectivity index (χ1v) is 5.73. The minimum Gasteiger partial charge on any atom is -0.316 e. The normalized spacial score (nSPS) is 22.1. The third kappa shape index (κ3) is 3.33. The second-order valence-corrected chi connectivity index (χ2v) is 4.27. The van der Waals surface area contributed by atoms with E-state index in [2.05, 4.69) is 22.5 Å². The fourth-order valence-corrected chi connectivity index (χ4v) is 1.89. The van der Waals surface area contributed by atoms with Gasteiger partial charge in [0.1, 0.15) is 5.15 Å². The molecule has 1 aromatic rings. The summed E-state index contributed by atoms with van der Waals surface area (Å²) >= 11 is 5.72. The van der Waals surface area contributed by atoms with Crippen LogP contribution in [0.3, 0.4) is 0 Å². The second-order valence-electron chi connectivity index (χ2n) is 3.88. The van der Waals surface area contributed by atoms with Crippen molar-refractivity contribution in [1.82, 2.24) is 10.3 Å².